The molecule has 3 N–H and O–H groups in total. The van der Waals surface area contributed by atoms with Crippen LogP contribution in [0.15, 0.2) is 47.0 Å². The summed E-state index contributed by atoms with van der Waals surface area (Å²) in [6.45, 7) is 13.1. The molecule has 158 valence electrons. The van der Waals surface area contributed by atoms with Gasteiger partial charge in [0.2, 0.25) is 0 Å². The molecule has 2 aromatic heterocycles. The molecule has 3 aromatic rings. The first-order chi connectivity index (χ1) is 14.0. The van der Waals surface area contributed by atoms with Crippen LogP contribution in [0.2, 0.25) is 0 Å². The van der Waals surface area contributed by atoms with Crippen molar-refractivity contribution in [2.45, 2.75) is 48.1 Å². The van der Waals surface area contributed by atoms with Gasteiger partial charge in [-0.2, -0.15) is 0 Å². The summed E-state index contributed by atoms with van der Waals surface area (Å²) in [5.74, 6) is 1.81. The number of hydrogen-bond acceptors (Lipinski definition) is 5. The maximum absolute atomic E-state index is 12.2. The van der Waals surface area contributed by atoms with Crippen LogP contribution < -0.4 is 15.8 Å². The van der Waals surface area contributed by atoms with E-state index in [4.69, 9.17) is 14.9 Å². The Bertz CT molecular complexity index is 888. The molecule has 1 amide bonds. The van der Waals surface area contributed by atoms with Gasteiger partial charge in [0.15, 0.2) is 0 Å². The van der Waals surface area contributed by atoms with Gasteiger partial charge in [0.25, 0.3) is 5.91 Å². The second-order valence-electron chi connectivity index (χ2n) is 6.24. The molecular formula is C23H33N3O3. The minimum atomic E-state index is -0.285. The lowest BCUT2D eigenvalue weighted by molar-refractivity contribution is 0.0949. The third kappa shape index (κ3) is 7.14. The van der Waals surface area contributed by atoms with E-state index in [0.717, 1.165) is 16.7 Å². The van der Waals surface area contributed by atoms with Gasteiger partial charge < -0.3 is 20.2 Å². The van der Waals surface area contributed by atoms with Crippen LogP contribution in [0.25, 0.3) is 11.0 Å². The molecule has 6 heteroatoms. The van der Waals surface area contributed by atoms with Gasteiger partial charge in [-0.1, -0.05) is 41.5 Å². The smallest absolute Gasteiger partial charge is 0.255 e. The van der Waals surface area contributed by atoms with Crippen molar-refractivity contribution in [3.63, 3.8) is 0 Å². The fraction of sp³-hybridized carbons (Fsp3) is 0.391. The lowest BCUT2D eigenvalue weighted by atomic mass is 10.2. The molecule has 29 heavy (non-hydrogen) atoms. The van der Waals surface area contributed by atoms with Crippen LogP contribution in [0.3, 0.4) is 0 Å². The van der Waals surface area contributed by atoms with E-state index in [1.807, 2.05) is 52.0 Å². The Hall–Kier alpha value is -3.02. The van der Waals surface area contributed by atoms with Crippen LogP contribution in [0.1, 0.15) is 57.7 Å². The lowest BCUT2D eigenvalue weighted by Gasteiger charge is -2.07. The molecule has 0 fully saturated rings. The van der Waals surface area contributed by atoms with Crippen molar-refractivity contribution >= 4 is 22.7 Å². The Morgan fingerprint density at radius 1 is 1.17 bits per heavy atom. The summed E-state index contributed by atoms with van der Waals surface area (Å²) in [6, 6.07) is 10.9. The Kier molecular flexibility index (Phi) is 10.3. The number of fused-ring (bicyclic) bond motifs is 1. The first-order valence-electron chi connectivity index (χ1n) is 10.2. The predicted molar refractivity (Wildman–Crippen MR) is 119 cm³/mol. The van der Waals surface area contributed by atoms with E-state index in [2.05, 4.69) is 24.1 Å². The Balaban J connectivity index is 0.000000989. The number of carbonyl (C=O) groups is 1. The van der Waals surface area contributed by atoms with E-state index in [0.29, 0.717) is 23.8 Å². The number of benzene rings is 1. The molecule has 6 nitrogen and oxygen atoms in total. The highest BCUT2D eigenvalue weighted by Crippen LogP contribution is 2.24. The zero-order valence-corrected chi connectivity index (χ0v) is 18.3. The van der Waals surface area contributed by atoms with Gasteiger partial charge in [0.05, 0.1) is 18.7 Å². The van der Waals surface area contributed by atoms with Crippen molar-refractivity contribution in [1.29, 1.82) is 0 Å². The van der Waals surface area contributed by atoms with Gasteiger partial charge in [0, 0.05) is 17.6 Å². The third-order valence-corrected chi connectivity index (χ3v) is 3.63. The van der Waals surface area contributed by atoms with Crippen LogP contribution in [0.5, 0.6) is 5.75 Å². The number of nitrogens with two attached hydrogens (primary N) is 1. The fourth-order valence-corrected chi connectivity index (χ4v) is 2.38. The van der Waals surface area contributed by atoms with Crippen LogP contribution >= 0.6 is 0 Å². The Morgan fingerprint density at radius 2 is 1.90 bits per heavy atom. The van der Waals surface area contributed by atoms with Crippen LogP contribution in [0, 0.1) is 5.92 Å². The number of nitrogens with one attached hydrogen (secondary N) is 1. The molecule has 0 spiro atoms. The minimum absolute atomic E-state index is 0.205. The van der Waals surface area contributed by atoms with Gasteiger partial charge >= 0.3 is 0 Å². The van der Waals surface area contributed by atoms with Gasteiger partial charge in [-0.3, -0.25) is 4.79 Å². The van der Waals surface area contributed by atoms with Crippen molar-refractivity contribution in [3.8, 4) is 5.75 Å². The van der Waals surface area contributed by atoms with Crippen molar-refractivity contribution in [2.75, 3.05) is 12.3 Å². The Morgan fingerprint density at radius 3 is 2.55 bits per heavy atom. The topological polar surface area (TPSA) is 90.4 Å². The monoisotopic (exact) mass is 399 g/mol. The first-order valence-corrected chi connectivity index (χ1v) is 10.2. The summed E-state index contributed by atoms with van der Waals surface area (Å²) in [5, 5.41) is 3.75. The number of furan rings is 1. The lowest BCUT2D eigenvalue weighted by Crippen LogP contribution is -2.23. The van der Waals surface area contributed by atoms with Crippen LogP contribution in [-0.4, -0.2) is 17.5 Å². The first kappa shape index (κ1) is 24.0. The summed E-state index contributed by atoms with van der Waals surface area (Å²) < 4.78 is 11.5. The average Bonchev–Trinajstić information content (AvgIpc) is 3.16. The molecule has 1 aromatic carbocycles. The highest BCUT2D eigenvalue weighted by atomic mass is 16.5. The molecule has 2 heterocycles. The molecule has 0 saturated heterocycles. The molecule has 3 rings (SSSR count). The summed E-state index contributed by atoms with van der Waals surface area (Å²) in [5.41, 5.74) is 6.79. The quantitative estimate of drug-likeness (QED) is 0.577. The van der Waals surface area contributed by atoms with Gasteiger partial charge in [-0.05, 0) is 36.2 Å². The van der Waals surface area contributed by atoms with E-state index in [-0.39, 0.29) is 18.3 Å². The normalized spacial score (nSPS) is 9.90. The average molecular weight is 400 g/mol. The number of nitrogens with zero attached hydrogens (tertiary/aromatic N) is 1. The van der Waals surface area contributed by atoms with E-state index in [1.54, 1.807) is 18.3 Å². The maximum Gasteiger partial charge on any atom is 0.255 e. The van der Waals surface area contributed by atoms with Gasteiger partial charge in [-0.25, -0.2) is 4.98 Å². The largest absolute Gasteiger partial charge is 0.493 e. The zero-order valence-electron chi connectivity index (χ0n) is 18.3. The SMILES string of the molecule is CC.CC.CC(C)COc1ccc2cc(CNC(=O)c3cccnc3N)oc2c1. The number of hydrogen-bond donors (Lipinski definition) is 2. The predicted octanol–water partition coefficient (Wildman–Crippen LogP) is 5.43. The molecule has 0 aliphatic rings. The molecule has 0 aliphatic heterocycles. The van der Waals surface area contributed by atoms with E-state index in [1.165, 1.54) is 0 Å². The number of ether oxygens (including phenoxy) is 1. The molecule has 0 radical (unpaired) electrons. The highest BCUT2D eigenvalue weighted by molar-refractivity contribution is 5.98. The van der Waals surface area contributed by atoms with E-state index in [9.17, 15) is 4.79 Å². The maximum atomic E-state index is 12.2. The third-order valence-electron chi connectivity index (χ3n) is 3.63. The number of pyridine rings is 1. The fourth-order valence-electron chi connectivity index (χ4n) is 2.38. The van der Waals surface area contributed by atoms with Crippen molar-refractivity contribution in [3.05, 3.63) is 53.9 Å². The number of amides is 1. The van der Waals surface area contributed by atoms with E-state index < -0.39 is 0 Å². The molecule has 0 bridgehead atoms. The zero-order chi connectivity index (χ0) is 21.8. The molecule has 0 unspecified atom stereocenters. The van der Waals surface area contributed by atoms with Crippen molar-refractivity contribution in [1.82, 2.24) is 10.3 Å². The number of aromatic nitrogens is 1. The summed E-state index contributed by atoms with van der Waals surface area (Å²) in [4.78, 5) is 16.1. The van der Waals surface area contributed by atoms with Gasteiger partial charge in [-0.15, -0.1) is 0 Å². The summed E-state index contributed by atoms with van der Waals surface area (Å²) in [7, 11) is 0. The standard InChI is InChI=1S/C19H21N3O3.2C2H6/c1-12(2)11-24-14-6-5-13-8-15(25-17(13)9-14)10-22-19(23)16-4-3-7-21-18(16)20;2*1-2/h3-9,12H,10-11H2,1-2H3,(H2,20,21)(H,22,23);2*1-2H3. The number of rotatable bonds is 6. The summed E-state index contributed by atoms with van der Waals surface area (Å²) >= 11 is 0. The highest BCUT2D eigenvalue weighted by Gasteiger charge is 2.11. The molecular weight excluding hydrogens is 366 g/mol. The number of nitrogen functional groups attached to an aromatic ring is 1. The number of carbonyl (C=O) groups excluding carboxylic acids is 1. The second-order valence-corrected chi connectivity index (χ2v) is 6.24. The molecule has 0 saturated carbocycles. The molecule has 0 atom stereocenters. The molecule has 0 aliphatic carbocycles. The van der Waals surface area contributed by atoms with Gasteiger partial charge in [0.1, 0.15) is 22.9 Å². The van der Waals surface area contributed by atoms with Crippen molar-refractivity contribution in [2.24, 2.45) is 5.92 Å². The van der Waals surface area contributed by atoms with Crippen LogP contribution in [0.4, 0.5) is 5.82 Å². The minimum Gasteiger partial charge on any atom is -0.493 e. The van der Waals surface area contributed by atoms with E-state index >= 15 is 0 Å². The number of anilines is 1. The summed E-state index contributed by atoms with van der Waals surface area (Å²) in [6.07, 6.45) is 1.55. The Labute approximate surface area is 173 Å². The van der Waals surface area contributed by atoms with Crippen molar-refractivity contribution < 1.29 is 13.9 Å². The second kappa shape index (κ2) is 12.4. The van der Waals surface area contributed by atoms with Crippen LogP contribution in [-0.2, 0) is 6.54 Å².